The molecular formula is C30H48Na2O4. The standard InChI is InChI=1S/C30H50O4.2Na/c1-3-5-7-9-11-13-15-17-19-27(29(31)32)25-21-23-26(24-22-25)28(30(33)34)20-18-16-14-12-10-8-6-4-2;;/h21-24,27-28H,3-20H2,1-2H3,(H,31,32)(H,33,34);;/q;2*+1/p-2. The molecule has 2 unspecified atom stereocenters. The maximum absolute atomic E-state index is 11.7. The minimum Gasteiger partial charge on any atom is -0.549 e. The van der Waals surface area contributed by atoms with Gasteiger partial charge >= 0.3 is 59.1 Å². The molecule has 6 heteroatoms. The van der Waals surface area contributed by atoms with Gasteiger partial charge in [-0.2, -0.15) is 0 Å². The van der Waals surface area contributed by atoms with Gasteiger partial charge in [-0.05, 0) is 24.0 Å². The van der Waals surface area contributed by atoms with Crippen LogP contribution >= 0.6 is 0 Å². The van der Waals surface area contributed by atoms with E-state index in [0.717, 1.165) is 38.5 Å². The summed E-state index contributed by atoms with van der Waals surface area (Å²) in [5.74, 6) is -3.37. The van der Waals surface area contributed by atoms with Gasteiger partial charge in [0.1, 0.15) is 0 Å². The average Bonchev–Trinajstić information content (AvgIpc) is 2.82. The molecular weight excluding hydrogens is 470 g/mol. The molecule has 0 N–H and O–H groups in total. The predicted molar refractivity (Wildman–Crippen MR) is 136 cm³/mol. The van der Waals surface area contributed by atoms with Crippen molar-refractivity contribution in [2.45, 2.75) is 141 Å². The normalized spacial score (nSPS) is 12.3. The van der Waals surface area contributed by atoms with E-state index in [2.05, 4.69) is 13.8 Å². The second-order valence-corrected chi connectivity index (χ2v) is 9.94. The van der Waals surface area contributed by atoms with Crippen LogP contribution in [-0.2, 0) is 9.59 Å². The SMILES string of the molecule is CCCCCCCCCCC(C(=O)[O-])c1ccc(C(CCCCCCCCCC)C(=O)[O-])cc1.[Na+].[Na+]. The first kappa shape index (κ1) is 38.3. The number of hydrogen-bond donors (Lipinski definition) is 0. The van der Waals surface area contributed by atoms with Crippen molar-refractivity contribution in [3.8, 4) is 0 Å². The van der Waals surface area contributed by atoms with Gasteiger partial charge in [0.2, 0.25) is 0 Å². The number of benzene rings is 1. The van der Waals surface area contributed by atoms with Gasteiger partial charge in [0.25, 0.3) is 0 Å². The number of carboxylic acid groups (broad SMARTS) is 2. The van der Waals surface area contributed by atoms with Crippen LogP contribution in [0, 0.1) is 0 Å². The van der Waals surface area contributed by atoms with Gasteiger partial charge in [-0.15, -0.1) is 0 Å². The number of aliphatic carboxylic acids is 2. The van der Waals surface area contributed by atoms with Crippen LogP contribution in [0.3, 0.4) is 0 Å². The van der Waals surface area contributed by atoms with E-state index in [9.17, 15) is 19.8 Å². The van der Waals surface area contributed by atoms with Crippen LogP contribution in [0.5, 0.6) is 0 Å². The van der Waals surface area contributed by atoms with Gasteiger partial charge in [-0.25, -0.2) is 0 Å². The van der Waals surface area contributed by atoms with Crippen LogP contribution in [-0.4, -0.2) is 11.9 Å². The Morgan fingerprint density at radius 2 is 0.778 bits per heavy atom. The smallest absolute Gasteiger partial charge is 0.549 e. The molecule has 0 fully saturated rings. The van der Waals surface area contributed by atoms with Crippen molar-refractivity contribution in [1.29, 1.82) is 0 Å². The average molecular weight is 519 g/mol. The fraction of sp³-hybridized carbons (Fsp3) is 0.733. The Balaban J connectivity index is 0. The first-order chi connectivity index (χ1) is 16.5. The van der Waals surface area contributed by atoms with Gasteiger partial charge < -0.3 is 19.8 Å². The molecule has 194 valence electrons. The third-order valence-corrected chi connectivity index (χ3v) is 7.00. The van der Waals surface area contributed by atoms with Gasteiger partial charge in [-0.1, -0.05) is 141 Å². The zero-order valence-electron chi connectivity index (χ0n) is 23.8. The molecule has 0 aromatic heterocycles. The fourth-order valence-electron chi connectivity index (χ4n) is 4.77. The zero-order chi connectivity index (χ0) is 25.0. The molecule has 4 nitrogen and oxygen atoms in total. The van der Waals surface area contributed by atoms with E-state index in [1.165, 1.54) is 64.2 Å². The van der Waals surface area contributed by atoms with E-state index in [1.807, 2.05) is 0 Å². The Labute approximate surface area is 265 Å². The maximum Gasteiger partial charge on any atom is 1.00 e. The van der Waals surface area contributed by atoms with Crippen LogP contribution < -0.4 is 69.3 Å². The predicted octanol–water partition coefficient (Wildman–Crippen LogP) is 0.423. The van der Waals surface area contributed by atoms with Crippen LogP contribution in [0.2, 0.25) is 0 Å². The van der Waals surface area contributed by atoms with Gasteiger partial charge in [0, 0.05) is 23.8 Å². The van der Waals surface area contributed by atoms with Crippen molar-refractivity contribution in [2.24, 2.45) is 0 Å². The maximum atomic E-state index is 11.7. The molecule has 0 aliphatic carbocycles. The molecule has 0 bridgehead atoms. The molecule has 0 aliphatic heterocycles. The summed E-state index contributed by atoms with van der Waals surface area (Å²) in [6.07, 6.45) is 19.9. The Morgan fingerprint density at radius 1 is 0.528 bits per heavy atom. The first-order valence-electron chi connectivity index (χ1n) is 14.0. The Bertz CT molecular complexity index is 606. The summed E-state index contributed by atoms with van der Waals surface area (Å²) in [6.45, 7) is 4.42. The minimum atomic E-state index is -1.05. The van der Waals surface area contributed by atoms with Crippen molar-refractivity contribution in [2.75, 3.05) is 0 Å². The van der Waals surface area contributed by atoms with Crippen LogP contribution in [0.15, 0.2) is 24.3 Å². The van der Waals surface area contributed by atoms with Crippen molar-refractivity contribution in [3.63, 3.8) is 0 Å². The third-order valence-electron chi connectivity index (χ3n) is 7.00. The molecule has 0 aliphatic rings. The summed E-state index contributed by atoms with van der Waals surface area (Å²) >= 11 is 0. The van der Waals surface area contributed by atoms with E-state index in [4.69, 9.17) is 0 Å². The van der Waals surface area contributed by atoms with Crippen LogP contribution in [0.1, 0.15) is 152 Å². The molecule has 2 atom stereocenters. The molecule has 0 heterocycles. The van der Waals surface area contributed by atoms with Gasteiger partial charge in [-0.3, -0.25) is 0 Å². The molecule has 1 aromatic carbocycles. The van der Waals surface area contributed by atoms with Crippen molar-refractivity contribution >= 4 is 11.9 Å². The van der Waals surface area contributed by atoms with Gasteiger partial charge in [0.05, 0.1) is 0 Å². The minimum absolute atomic E-state index is 0. The molecule has 0 amide bonds. The molecule has 0 saturated heterocycles. The van der Waals surface area contributed by atoms with Crippen LogP contribution in [0.4, 0.5) is 0 Å². The Hall–Kier alpha value is 0.160. The topological polar surface area (TPSA) is 80.3 Å². The molecule has 0 saturated carbocycles. The van der Waals surface area contributed by atoms with E-state index in [0.29, 0.717) is 24.0 Å². The molecule has 1 aromatic rings. The molecule has 36 heavy (non-hydrogen) atoms. The Kier molecular flexibility index (Phi) is 27.1. The number of unbranched alkanes of at least 4 members (excludes halogenated alkanes) is 14. The van der Waals surface area contributed by atoms with E-state index < -0.39 is 23.8 Å². The summed E-state index contributed by atoms with van der Waals surface area (Å²) in [4.78, 5) is 23.5. The summed E-state index contributed by atoms with van der Waals surface area (Å²) in [5, 5.41) is 23.5. The van der Waals surface area contributed by atoms with Crippen molar-refractivity contribution < 1.29 is 78.9 Å². The van der Waals surface area contributed by atoms with Crippen molar-refractivity contribution in [1.82, 2.24) is 0 Å². The summed E-state index contributed by atoms with van der Waals surface area (Å²) < 4.78 is 0. The zero-order valence-corrected chi connectivity index (χ0v) is 27.8. The summed E-state index contributed by atoms with van der Waals surface area (Å²) in [6, 6.07) is 7.07. The van der Waals surface area contributed by atoms with Gasteiger partial charge in [0.15, 0.2) is 0 Å². The number of rotatable bonds is 22. The summed E-state index contributed by atoms with van der Waals surface area (Å²) in [7, 11) is 0. The Morgan fingerprint density at radius 3 is 1.03 bits per heavy atom. The number of carboxylic acids is 2. The molecule has 1 rings (SSSR count). The van der Waals surface area contributed by atoms with Crippen LogP contribution in [0.25, 0.3) is 0 Å². The number of carbonyl (C=O) groups excluding carboxylic acids is 2. The quantitative estimate of drug-likeness (QED) is 0.165. The first-order valence-corrected chi connectivity index (χ1v) is 14.0. The van der Waals surface area contributed by atoms with E-state index in [1.54, 1.807) is 24.3 Å². The second-order valence-electron chi connectivity index (χ2n) is 9.94. The molecule has 0 spiro atoms. The van der Waals surface area contributed by atoms with Crippen molar-refractivity contribution in [3.05, 3.63) is 35.4 Å². The largest absolute Gasteiger partial charge is 1.00 e. The number of hydrogen-bond acceptors (Lipinski definition) is 4. The fourth-order valence-corrected chi connectivity index (χ4v) is 4.77. The number of carbonyl (C=O) groups is 2. The second kappa shape index (κ2) is 25.4. The summed E-state index contributed by atoms with van der Waals surface area (Å²) in [5.41, 5.74) is 1.41. The van der Waals surface area contributed by atoms with E-state index in [-0.39, 0.29) is 59.1 Å². The molecule has 0 radical (unpaired) electrons. The van der Waals surface area contributed by atoms with E-state index >= 15 is 0 Å². The third kappa shape index (κ3) is 17.6. The monoisotopic (exact) mass is 518 g/mol.